The number of thioether (sulfide) groups is 1. The maximum Gasteiger partial charge on any atom is 0.233 e. The van der Waals surface area contributed by atoms with E-state index in [1.165, 1.54) is 11.8 Å². The lowest BCUT2D eigenvalue weighted by Gasteiger charge is -2.28. The summed E-state index contributed by atoms with van der Waals surface area (Å²) in [7, 11) is 1.82. The molecule has 0 radical (unpaired) electrons. The minimum absolute atomic E-state index is 0.0337. The number of ether oxygens (including phenoxy) is 1. The fourth-order valence-corrected chi connectivity index (χ4v) is 5.70. The van der Waals surface area contributed by atoms with E-state index in [4.69, 9.17) is 4.74 Å². The van der Waals surface area contributed by atoms with Gasteiger partial charge in [0.05, 0.1) is 42.3 Å². The lowest BCUT2D eigenvalue weighted by atomic mass is 10.2. The number of nitrogens with zero attached hydrogens (tertiary/aromatic N) is 6. The number of rotatable bonds is 8. The van der Waals surface area contributed by atoms with Gasteiger partial charge in [0.15, 0.2) is 5.16 Å². The Labute approximate surface area is 206 Å². The average Bonchev–Trinajstić information content (AvgIpc) is 3.47. The molecule has 0 atom stereocenters. The molecule has 4 aromatic rings. The van der Waals surface area contributed by atoms with E-state index in [1.807, 2.05) is 43.4 Å². The molecular formula is C24H26N6O2S2. The van der Waals surface area contributed by atoms with Crippen LogP contribution in [0, 0.1) is 0 Å². The van der Waals surface area contributed by atoms with Crippen molar-refractivity contribution in [3.63, 3.8) is 0 Å². The zero-order valence-electron chi connectivity index (χ0n) is 19.0. The molecule has 0 N–H and O–H groups in total. The van der Waals surface area contributed by atoms with Gasteiger partial charge in [0.1, 0.15) is 5.01 Å². The predicted octanol–water partition coefficient (Wildman–Crippen LogP) is 3.52. The molecule has 1 aliphatic heterocycles. The van der Waals surface area contributed by atoms with Crippen LogP contribution in [0.15, 0.2) is 59.8 Å². The van der Waals surface area contributed by atoms with Gasteiger partial charge >= 0.3 is 0 Å². The van der Waals surface area contributed by atoms with E-state index in [0.29, 0.717) is 26.3 Å². The second-order valence-corrected chi connectivity index (χ2v) is 10.1. The maximum absolute atomic E-state index is 12.9. The molecule has 1 aliphatic rings. The van der Waals surface area contributed by atoms with E-state index in [2.05, 4.69) is 42.8 Å². The van der Waals surface area contributed by atoms with Gasteiger partial charge in [0.2, 0.25) is 11.9 Å². The lowest BCUT2D eigenvalue weighted by Crippen LogP contribution is -2.38. The number of anilines is 1. The van der Waals surface area contributed by atoms with Gasteiger partial charge in [0, 0.05) is 20.1 Å². The Kier molecular flexibility index (Phi) is 7.08. The molecule has 5 rings (SSSR count). The highest BCUT2D eigenvalue weighted by atomic mass is 32.2. The third kappa shape index (κ3) is 5.24. The Morgan fingerprint density at radius 1 is 1.09 bits per heavy atom. The topological polar surface area (TPSA) is 76.4 Å². The van der Waals surface area contributed by atoms with Gasteiger partial charge in [-0.25, -0.2) is 4.98 Å². The third-order valence-corrected chi connectivity index (χ3v) is 7.61. The summed E-state index contributed by atoms with van der Waals surface area (Å²) in [5, 5.41) is 10.6. The number of fused-ring (bicyclic) bond motifs is 1. The Hall–Kier alpha value is -2.95. The molecule has 3 heterocycles. The number of aromatic nitrogens is 4. The van der Waals surface area contributed by atoms with Crippen molar-refractivity contribution in [2.75, 3.05) is 44.0 Å². The molecule has 0 spiro atoms. The highest BCUT2D eigenvalue weighted by Crippen LogP contribution is 2.26. The summed E-state index contributed by atoms with van der Waals surface area (Å²) < 4.78 is 8.74. The highest BCUT2D eigenvalue weighted by Gasteiger charge is 2.22. The molecule has 10 heteroatoms. The van der Waals surface area contributed by atoms with E-state index in [9.17, 15) is 4.79 Å². The molecule has 1 saturated heterocycles. The number of amides is 1. The van der Waals surface area contributed by atoms with Gasteiger partial charge in [-0.3, -0.25) is 9.36 Å². The fourth-order valence-electron chi connectivity index (χ4n) is 3.80. The maximum atomic E-state index is 12.9. The van der Waals surface area contributed by atoms with Crippen LogP contribution in [0.4, 0.5) is 5.95 Å². The van der Waals surface area contributed by atoms with E-state index >= 15 is 0 Å². The van der Waals surface area contributed by atoms with Crippen molar-refractivity contribution < 1.29 is 9.53 Å². The molecular weight excluding hydrogens is 468 g/mol. The number of hydrogen-bond donors (Lipinski definition) is 0. The number of thiazole rings is 1. The van der Waals surface area contributed by atoms with Crippen molar-refractivity contribution in [2.24, 2.45) is 0 Å². The summed E-state index contributed by atoms with van der Waals surface area (Å²) in [6.07, 6.45) is 0. The molecule has 0 unspecified atom stereocenters. The largest absolute Gasteiger partial charge is 0.378 e. The highest BCUT2D eigenvalue weighted by molar-refractivity contribution is 7.99. The number of para-hydroxylation sites is 1. The number of carbonyl (C=O) groups excluding carboxylic acids is 1. The van der Waals surface area contributed by atoms with Crippen molar-refractivity contribution in [2.45, 2.75) is 18.2 Å². The summed E-state index contributed by atoms with van der Waals surface area (Å²) in [6.45, 7) is 4.06. The Bertz CT molecular complexity index is 1220. The molecule has 0 aliphatic carbocycles. The SMILES string of the molecule is CN(Cc1nc2ccccc2s1)C(=O)CSc1nnc(N2CCOCC2)n1Cc1ccccc1. The fraction of sp³-hybridized carbons (Fsp3) is 0.333. The number of benzene rings is 2. The van der Waals surface area contributed by atoms with Gasteiger partial charge in [-0.15, -0.1) is 21.5 Å². The summed E-state index contributed by atoms with van der Waals surface area (Å²) in [4.78, 5) is 21.5. The molecule has 1 fully saturated rings. The molecule has 176 valence electrons. The van der Waals surface area contributed by atoms with Gasteiger partial charge in [-0.05, 0) is 17.7 Å². The van der Waals surface area contributed by atoms with E-state index in [1.54, 1.807) is 16.2 Å². The van der Waals surface area contributed by atoms with E-state index in [-0.39, 0.29) is 11.7 Å². The Morgan fingerprint density at radius 3 is 2.65 bits per heavy atom. The normalized spacial score (nSPS) is 14.0. The Morgan fingerprint density at radius 2 is 1.85 bits per heavy atom. The zero-order valence-corrected chi connectivity index (χ0v) is 20.6. The first kappa shape index (κ1) is 22.8. The van der Waals surface area contributed by atoms with Crippen LogP contribution in [0.1, 0.15) is 10.6 Å². The van der Waals surface area contributed by atoms with Crippen molar-refractivity contribution in [3.8, 4) is 0 Å². The van der Waals surface area contributed by atoms with Crippen LogP contribution in [0.25, 0.3) is 10.2 Å². The van der Waals surface area contributed by atoms with Crippen LogP contribution in [-0.2, 0) is 22.6 Å². The van der Waals surface area contributed by atoms with E-state index in [0.717, 1.165) is 45.0 Å². The standard InChI is InChI=1S/C24H26N6O2S2/c1-28(16-21-25-19-9-5-6-10-20(19)34-21)22(31)17-33-24-27-26-23(29-11-13-32-14-12-29)30(24)15-18-7-3-2-4-8-18/h2-10H,11-17H2,1H3. The second kappa shape index (κ2) is 10.5. The minimum atomic E-state index is 0.0337. The third-order valence-electron chi connectivity index (χ3n) is 5.64. The predicted molar refractivity (Wildman–Crippen MR) is 135 cm³/mol. The zero-order chi connectivity index (χ0) is 23.3. The van der Waals surface area contributed by atoms with Gasteiger partial charge in [-0.2, -0.15) is 0 Å². The first-order valence-electron chi connectivity index (χ1n) is 11.2. The van der Waals surface area contributed by atoms with Crippen molar-refractivity contribution >= 4 is 45.2 Å². The van der Waals surface area contributed by atoms with Crippen LogP contribution in [0.2, 0.25) is 0 Å². The van der Waals surface area contributed by atoms with Gasteiger partial charge in [0.25, 0.3) is 0 Å². The van der Waals surface area contributed by atoms with Crippen molar-refractivity contribution in [1.82, 2.24) is 24.6 Å². The first-order valence-corrected chi connectivity index (χ1v) is 13.0. The lowest BCUT2D eigenvalue weighted by molar-refractivity contribution is -0.127. The number of morpholine rings is 1. The molecule has 2 aromatic carbocycles. The molecule has 0 saturated carbocycles. The first-order chi connectivity index (χ1) is 16.7. The molecule has 2 aromatic heterocycles. The number of hydrogen-bond acceptors (Lipinski definition) is 8. The van der Waals surface area contributed by atoms with Crippen LogP contribution in [0.3, 0.4) is 0 Å². The van der Waals surface area contributed by atoms with Gasteiger partial charge < -0.3 is 14.5 Å². The smallest absolute Gasteiger partial charge is 0.233 e. The van der Waals surface area contributed by atoms with E-state index < -0.39 is 0 Å². The number of carbonyl (C=O) groups is 1. The molecule has 8 nitrogen and oxygen atoms in total. The monoisotopic (exact) mass is 494 g/mol. The minimum Gasteiger partial charge on any atom is -0.378 e. The van der Waals surface area contributed by atoms with Crippen molar-refractivity contribution in [1.29, 1.82) is 0 Å². The van der Waals surface area contributed by atoms with Crippen LogP contribution < -0.4 is 4.90 Å². The summed E-state index contributed by atoms with van der Waals surface area (Å²) in [6, 6.07) is 18.3. The quantitative estimate of drug-likeness (QED) is 0.347. The van der Waals surface area contributed by atoms with Crippen molar-refractivity contribution in [3.05, 3.63) is 65.2 Å². The van der Waals surface area contributed by atoms with Crippen LogP contribution >= 0.6 is 23.1 Å². The molecule has 34 heavy (non-hydrogen) atoms. The molecule has 1 amide bonds. The van der Waals surface area contributed by atoms with Gasteiger partial charge in [-0.1, -0.05) is 54.2 Å². The summed E-state index contributed by atoms with van der Waals surface area (Å²) in [5.74, 6) is 1.15. The second-order valence-electron chi connectivity index (χ2n) is 8.07. The summed E-state index contributed by atoms with van der Waals surface area (Å²) in [5.41, 5.74) is 2.14. The van der Waals surface area contributed by atoms with Crippen LogP contribution in [-0.4, -0.2) is 69.7 Å². The van der Waals surface area contributed by atoms with Crippen LogP contribution in [0.5, 0.6) is 0 Å². The molecule has 0 bridgehead atoms. The Balaban J connectivity index is 1.28. The average molecular weight is 495 g/mol. The summed E-state index contributed by atoms with van der Waals surface area (Å²) >= 11 is 3.05.